The van der Waals surface area contributed by atoms with E-state index >= 15 is 0 Å². The highest BCUT2D eigenvalue weighted by Crippen LogP contribution is 2.41. The molecule has 0 bridgehead atoms. The van der Waals surface area contributed by atoms with Gasteiger partial charge in [-0.1, -0.05) is 110 Å². The average molecular weight is 683 g/mol. The molecular formula is C46H38N2O4. The Labute approximate surface area is 304 Å². The first-order chi connectivity index (χ1) is 25.4. The van der Waals surface area contributed by atoms with Crippen LogP contribution >= 0.6 is 0 Å². The number of rotatable bonds is 9. The van der Waals surface area contributed by atoms with Gasteiger partial charge in [0.2, 0.25) is 0 Å². The first kappa shape index (κ1) is 34.9. The lowest BCUT2D eigenvalue weighted by molar-refractivity contribution is -0.129. The molecule has 0 N–H and O–H groups in total. The number of para-hydroxylation sites is 2. The number of nitrogens with zero attached hydrogens (tertiary/aromatic N) is 2. The summed E-state index contributed by atoms with van der Waals surface area (Å²) in [4.78, 5) is 27.6. The minimum atomic E-state index is -0.471. The van der Waals surface area contributed by atoms with E-state index in [4.69, 9.17) is 9.47 Å². The molecule has 0 aliphatic heterocycles. The molecule has 7 aromatic rings. The molecule has 256 valence electrons. The zero-order valence-electron chi connectivity index (χ0n) is 29.1. The van der Waals surface area contributed by atoms with Crippen LogP contribution in [0.1, 0.15) is 5.56 Å². The maximum atomic E-state index is 11.8. The van der Waals surface area contributed by atoms with Gasteiger partial charge in [0.15, 0.2) is 0 Å². The van der Waals surface area contributed by atoms with Crippen molar-refractivity contribution in [2.45, 2.75) is 6.92 Å². The maximum Gasteiger partial charge on any atom is 0.335 e. The summed E-state index contributed by atoms with van der Waals surface area (Å²) in [5, 5.41) is 3.78. The molecule has 0 atom stereocenters. The van der Waals surface area contributed by atoms with Gasteiger partial charge >= 0.3 is 11.9 Å². The van der Waals surface area contributed by atoms with Crippen LogP contribution in [-0.2, 0) is 9.59 Å². The molecule has 0 saturated carbocycles. The Kier molecular flexibility index (Phi) is 10.9. The molecule has 7 rings (SSSR count). The number of anilines is 5. The SMILES string of the molecule is C=CC(=O)Oc1cccc2c(N(C)c3ccccc3)cccc12.C=CC(=O)Oc1cccc2c(N(c3ccccc3)c3cccc(C)c3)cccc12. The number of fused-ring (bicyclic) bond motifs is 2. The fourth-order valence-corrected chi connectivity index (χ4v) is 6.06. The zero-order valence-corrected chi connectivity index (χ0v) is 29.1. The molecule has 52 heavy (non-hydrogen) atoms. The average Bonchev–Trinajstić information content (AvgIpc) is 3.19. The van der Waals surface area contributed by atoms with Gasteiger partial charge in [0.25, 0.3) is 0 Å². The van der Waals surface area contributed by atoms with Crippen LogP contribution in [0.2, 0.25) is 0 Å². The van der Waals surface area contributed by atoms with E-state index in [1.165, 1.54) is 17.7 Å². The predicted molar refractivity (Wildman–Crippen MR) is 213 cm³/mol. The monoisotopic (exact) mass is 682 g/mol. The van der Waals surface area contributed by atoms with Gasteiger partial charge in [-0.15, -0.1) is 0 Å². The van der Waals surface area contributed by atoms with Gasteiger partial charge in [-0.2, -0.15) is 0 Å². The van der Waals surface area contributed by atoms with Crippen LogP contribution in [0, 0.1) is 6.92 Å². The summed E-state index contributed by atoms with van der Waals surface area (Å²) < 4.78 is 10.8. The maximum absolute atomic E-state index is 11.8. The van der Waals surface area contributed by atoms with Crippen molar-refractivity contribution >= 4 is 61.9 Å². The number of carbonyl (C=O) groups is 2. The number of ether oxygens (including phenoxy) is 2. The molecule has 0 amide bonds. The lowest BCUT2D eigenvalue weighted by Gasteiger charge is -2.27. The molecule has 0 aliphatic rings. The molecule has 0 unspecified atom stereocenters. The Hall–Kier alpha value is -6.92. The quantitative estimate of drug-likeness (QED) is 0.0858. The Morgan fingerprint density at radius 2 is 0.942 bits per heavy atom. The number of carbonyl (C=O) groups excluding carboxylic acids is 2. The van der Waals surface area contributed by atoms with Crippen molar-refractivity contribution < 1.29 is 19.1 Å². The van der Waals surface area contributed by atoms with Crippen molar-refractivity contribution in [1.82, 2.24) is 0 Å². The highest BCUT2D eigenvalue weighted by atomic mass is 16.5. The number of benzene rings is 7. The summed E-state index contributed by atoms with van der Waals surface area (Å²) >= 11 is 0. The fraction of sp³-hybridized carbons (Fsp3) is 0.0435. The van der Waals surface area contributed by atoms with Gasteiger partial charge in [-0.25, -0.2) is 9.59 Å². The zero-order chi connectivity index (χ0) is 36.5. The third-order valence-electron chi connectivity index (χ3n) is 8.49. The van der Waals surface area contributed by atoms with Crippen LogP contribution in [0.15, 0.2) is 183 Å². The van der Waals surface area contributed by atoms with Crippen LogP contribution in [0.4, 0.5) is 28.4 Å². The van der Waals surface area contributed by atoms with Crippen molar-refractivity contribution in [2.75, 3.05) is 16.8 Å². The van der Waals surface area contributed by atoms with Crippen LogP contribution < -0.4 is 19.3 Å². The summed E-state index contributed by atoms with van der Waals surface area (Å²) in [5.41, 5.74) is 6.45. The summed E-state index contributed by atoms with van der Waals surface area (Å²) in [5.74, 6) is 0.128. The fourth-order valence-electron chi connectivity index (χ4n) is 6.06. The highest BCUT2D eigenvalue weighted by Gasteiger charge is 2.17. The smallest absolute Gasteiger partial charge is 0.335 e. The first-order valence-corrected chi connectivity index (χ1v) is 16.8. The second-order valence-corrected chi connectivity index (χ2v) is 11.9. The van der Waals surface area contributed by atoms with E-state index in [1.54, 1.807) is 12.1 Å². The predicted octanol–water partition coefficient (Wildman–Crippen LogP) is 11.4. The summed E-state index contributed by atoms with van der Waals surface area (Å²) in [7, 11) is 2.02. The van der Waals surface area contributed by atoms with Gasteiger partial charge in [0.05, 0.1) is 5.69 Å². The number of esters is 2. The lowest BCUT2D eigenvalue weighted by Crippen LogP contribution is -2.10. The van der Waals surface area contributed by atoms with Crippen LogP contribution in [-0.4, -0.2) is 19.0 Å². The van der Waals surface area contributed by atoms with Gasteiger partial charge in [0.1, 0.15) is 11.5 Å². The van der Waals surface area contributed by atoms with Gasteiger partial charge in [0, 0.05) is 63.5 Å². The molecule has 0 fully saturated rings. The van der Waals surface area contributed by atoms with Crippen molar-refractivity contribution in [3.63, 3.8) is 0 Å². The van der Waals surface area contributed by atoms with Crippen molar-refractivity contribution in [3.8, 4) is 11.5 Å². The second kappa shape index (κ2) is 16.2. The molecule has 0 radical (unpaired) electrons. The number of hydrogen-bond donors (Lipinski definition) is 0. The van der Waals surface area contributed by atoms with E-state index in [-0.39, 0.29) is 0 Å². The summed E-state index contributed by atoms with van der Waals surface area (Å²) in [6, 6.07) is 52.2. The molecule has 0 heterocycles. The molecular weight excluding hydrogens is 645 g/mol. The van der Waals surface area contributed by atoms with Crippen molar-refractivity contribution in [1.29, 1.82) is 0 Å². The van der Waals surface area contributed by atoms with Gasteiger partial charge in [-0.3, -0.25) is 0 Å². The Balaban J connectivity index is 0.000000183. The molecule has 0 aromatic heterocycles. The molecule has 6 heteroatoms. The molecule has 0 aliphatic carbocycles. The minimum absolute atomic E-state index is 0.459. The molecule has 6 nitrogen and oxygen atoms in total. The minimum Gasteiger partial charge on any atom is -0.423 e. The largest absolute Gasteiger partial charge is 0.423 e. The van der Waals surface area contributed by atoms with Gasteiger partial charge < -0.3 is 19.3 Å². The number of hydrogen-bond acceptors (Lipinski definition) is 6. The second-order valence-electron chi connectivity index (χ2n) is 11.9. The van der Waals surface area contributed by atoms with E-state index in [9.17, 15) is 9.59 Å². The van der Waals surface area contributed by atoms with E-state index < -0.39 is 11.9 Å². The van der Waals surface area contributed by atoms with E-state index in [1.807, 2.05) is 92.0 Å². The summed E-state index contributed by atoms with van der Waals surface area (Å²) in [6.45, 7) is 9.01. The van der Waals surface area contributed by atoms with Crippen LogP contribution in [0.5, 0.6) is 11.5 Å². The third kappa shape index (κ3) is 7.77. The van der Waals surface area contributed by atoms with E-state index in [0.29, 0.717) is 11.5 Å². The molecule has 7 aromatic carbocycles. The van der Waals surface area contributed by atoms with Crippen LogP contribution in [0.25, 0.3) is 21.5 Å². The van der Waals surface area contributed by atoms with Crippen molar-refractivity contribution in [2.24, 2.45) is 0 Å². The molecule has 0 saturated heterocycles. The third-order valence-corrected chi connectivity index (χ3v) is 8.49. The Morgan fingerprint density at radius 1 is 0.500 bits per heavy atom. The number of aryl methyl sites for hydroxylation is 1. The van der Waals surface area contributed by atoms with Crippen molar-refractivity contribution in [3.05, 3.63) is 189 Å². The van der Waals surface area contributed by atoms with E-state index in [0.717, 1.165) is 50.0 Å². The standard InChI is InChI=1S/C26H21NO2.C20H17NO2/c1-3-26(28)29-25-17-9-14-22-23(25)15-8-16-24(22)27(20-11-5-4-6-12-20)21-13-7-10-19(2)18-21;1-3-20(22)23-19-14-8-11-16-17(19)12-7-13-18(16)21(2)15-9-5-4-6-10-15/h3-18H,1H2,2H3;3-14H,1H2,2H3. The topological polar surface area (TPSA) is 59.1 Å². The Bertz CT molecular complexity index is 2370. The van der Waals surface area contributed by atoms with Crippen LogP contribution in [0.3, 0.4) is 0 Å². The first-order valence-electron chi connectivity index (χ1n) is 16.8. The highest BCUT2D eigenvalue weighted by molar-refractivity contribution is 6.03. The normalized spacial score (nSPS) is 10.4. The summed E-state index contributed by atoms with van der Waals surface area (Å²) in [6.07, 6.45) is 2.34. The van der Waals surface area contributed by atoms with E-state index in [2.05, 4.69) is 90.5 Å². The van der Waals surface area contributed by atoms with Gasteiger partial charge in [-0.05, 0) is 73.2 Å². The lowest BCUT2D eigenvalue weighted by atomic mass is 10.0. The Morgan fingerprint density at radius 3 is 1.48 bits per heavy atom. The molecule has 0 spiro atoms.